The van der Waals surface area contributed by atoms with Crippen LogP contribution >= 0.6 is 0 Å². The Morgan fingerprint density at radius 1 is 1.61 bits per heavy atom. The van der Waals surface area contributed by atoms with Gasteiger partial charge in [0.05, 0.1) is 11.5 Å². The summed E-state index contributed by atoms with van der Waals surface area (Å²) in [7, 11) is 0.292. The molecule has 1 atom stereocenters. The van der Waals surface area contributed by atoms with E-state index in [1.807, 2.05) is 0 Å². The van der Waals surface area contributed by atoms with Crippen molar-refractivity contribution in [1.82, 2.24) is 9.55 Å². The molecule has 18 heavy (non-hydrogen) atoms. The topological polar surface area (TPSA) is 98.3 Å². The Balaban J connectivity index is 2.32. The van der Waals surface area contributed by atoms with Crippen molar-refractivity contribution >= 4 is 21.5 Å². The molecule has 9 heteroatoms. The smallest absolute Gasteiger partial charge is 0.358 e. The van der Waals surface area contributed by atoms with Crippen molar-refractivity contribution in [2.24, 2.45) is 7.05 Å². The number of aromatic nitrogens is 2. The Labute approximate surface area is 104 Å². The van der Waals surface area contributed by atoms with Gasteiger partial charge in [0, 0.05) is 20.1 Å². The Morgan fingerprint density at radius 3 is 2.78 bits per heavy atom. The lowest BCUT2D eigenvalue weighted by Crippen LogP contribution is -2.34. The van der Waals surface area contributed by atoms with E-state index in [-0.39, 0.29) is 23.4 Å². The van der Waals surface area contributed by atoms with Gasteiger partial charge in [0.2, 0.25) is 12.1 Å². The second-order valence-electron chi connectivity index (χ2n) is 4.43. The molecule has 0 saturated carbocycles. The van der Waals surface area contributed by atoms with E-state index in [4.69, 9.17) is 0 Å². The van der Waals surface area contributed by atoms with Crippen molar-refractivity contribution in [3.8, 4) is 0 Å². The maximum absolute atomic E-state index is 11.4. The molecule has 1 aromatic rings. The lowest BCUT2D eigenvalue weighted by Gasteiger charge is -2.24. The molecule has 100 valence electrons. The lowest BCUT2D eigenvalue weighted by atomic mass is 10.2. The summed E-state index contributed by atoms with van der Waals surface area (Å²) in [5, 5.41) is 10.9. The highest BCUT2D eigenvalue weighted by molar-refractivity contribution is 7.91. The van der Waals surface area contributed by atoms with Gasteiger partial charge in [-0.05, 0) is 16.3 Å². The summed E-state index contributed by atoms with van der Waals surface area (Å²) < 4.78 is 24.4. The molecule has 0 aliphatic carbocycles. The maximum Gasteiger partial charge on any atom is 0.406 e. The number of aryl methyl sites for hydroxylation is 1. The predicted octanol–water partition coefficient (Wildman–Crippen LogP) is -0.0484. The number of sulfone groups is 1. The van der Waals surface area contributed by atoms with Crippen molar-refractivity contribution in [2.75, 3.05) is 23.5 Å². The molecule has 8 nitrogen and oxygen atoms in total. The van der Waals surface area contributed by atoms with Gasteiger partial charge in [-0.25, -0.2) is 8.42 Å². The average molecular weight is 274 g/mol. The fraction of sp³-hybridized carbons (Fsp3) is 0.667. The Morgan fingerprint density at radius 2 is 2.28 bits per heavy atom. The van der Waals surface area contributed by atoms with E-state index in [1.54, 1.807) is 19.0 Å². The first-order valence-electron chi connectivity index (χ1n) is 5.41. The monoisotopic (exact) mass is 274 g/mol. The number of nitro groups is 1. The molecule has 1 saturated heterocycles. The summed E-state index contributed by atoms with van der Waals surface area (Å²) in [6.07, 6.45) is 1.84. The van der Waals surface area contributed by atoms with E-state index >= 15 is 0 Å². The van der Waals surface area contributed by atoms with E-state index in [0.29, 0.717) is 12.2 Å². The van der Waals surface area contributed by atoms with Crippen molar-refractivity contribution < 1.29 is 13.3 Å². The minimum Gasteiger partial charge on any atom is -0.358 e. The Hall–Kier alpha value is -1.64. The highest BCUT2D eigenvalue weighted by atomic mass is 32.2. The predicted molar refractivity (Wildman–Crippen MR) is 65.3 cm³/mol. The van der Waals surface area contributed by atoms with E-state index in [9.17, 15) is 18.5 Å². The van der Waals surface area contributed by atoms with Crippen LogP contribution in [0.25, 0.3) is 0 Å². The molecule has 0 spiro atoms. The number of rotatable bonds is 3. The zero-order valence-electron chi connectivity index (χ0n) is 10.1. The third-order valence-corrected chi connectivity index (χ3v) is 4.90. The van der Waals surface area contributed by atoms with Crippen LogP contribution in [-0.4, -0.2) is 47.5 Å². The van der Waals surface area contributed by atoms with Gasteiger partial charge >= 0.3 is 5.82 Å². The molecule has 1 unspecified atom stereocenters. The number of anilines is 1. The van der Waals surface area contributed by atoms with Crippen LogP contribution in [0.5, 0.6) is 0 Å². The molecule has 1 aliphatic heterocycles. The van der Waals surface area contributed by atoms with Crippen LogP contribution in [0, 0.1) is 10.1 Å². The van der Waals surface area contributed by atoms with E-state index in [1.165, 1.54) is 10.9 Å². The summed E-state index contributed by atoms with van der Waals surface area (Å²) in [5.41, 5.74) is 0. The van der Waals surface area contributed by atoms with Crippen LogP contribution in [-0.2, 0) is 16.9 Å². The zero-order chi connectivity index (χ0) is 13.5. The summed E-state index contributed by atoms with van der Waals surface area (Å²) in [6.45, 7) is 0. The van der Waals surface area contributed by atoms with Gasteiger partial charge in [0.15, 0.2) is 9.84 Å². The van der Waals surface area contributed by atoms with Crippen molar-refractivity contribution in [2.45, 2.75) is 12.5 Å². The first-order chi connectivity index (χ1) is 8.32. The van der Waals surface area contributed by atoms with Crippen LogP contribution in [0.3, 0.4) is 0 Å². The number of hydrogen-bond acceptors (Lipinski definition) is 6. The molecule has 0 bridgehead atoms. The highest BCUT2D eigenvalue weighted by Crippen LogP contribution is 2.29. The van der Waals surface area contributed by atoms with Gasteiger partial charge in [0.25, 0.3) is 0 Å². The molecule has 1 fully saturated rings. The number of hydrogen-bond donors (Lipinski definition) is 0. The molecule has 2 heterocycles. The Kier molecular flexibility index (Phi) is 3.01. The van der Waals surface area contributed by atoms with Crippen LogP contribution in [0.1, 0.15) is 6.42 Å². The third-order valence-electron chi connectivity index (χ3n) is 3.15. The second kappa shape index (κ2) is 4.23. The SMILES string of the molecule is CN(c1c([N+](=O)[O-])ncn1C)C1CCS(=O)(=O)C1. The number of imidazole rings is 1. The van der Waals surface area contributed by atoms with E-state index in [0.717, 1.165) is 0 Å². The first kappa shape index (κ1) is 12.8. The van der Waals surface area contributed by atoms with Gasteiger partial charge < -0.3 is 15.0 Å². The zero-order valence-corrected chi connectivity index (χ0v) is 10.9. The van der Waals surface area contributed by atoms with Crippen LogP contribution in [0.15, 0.2) is 6.33 Å². The molecule has 0 radical (unpaired) electrons. The molecular weight excluding hydrogens is 260 g/mol. The average Bonchev–Trinajstić information content (AvgIpc) is 2.80. The molecule has 2 rings (SSSR count). The quantitative estimate of drug-likeness (QED) is 0.566. The largest absolute Gasteiger partial charge is 0.406 e. The molecule has 1 aromatic heterocycles. The molecule has 0 N–H and O–H groups in total. The van der Waals surface area contributed by atoms with Gasteiger partial charge in [-0.15, -0.1) is 0 Å². The van der Waals surface area contributed by atoms with Crippen LogP contribution in [0.4, 0.5) is 11.6 Å². The second-order valence-corrected chi connectivity index (χ2v) is 6.66. The Bertz CT molecular complexity index is 579. The van der Waals surface area contributed by atoms with Crippen molar-refractivity contribution in [3.05, 3.63) is 16.4 Å². The molecule has 0 amide bonds. The summed E-state index contributed by atoms with van der Waals surface area (Å²) in [4.78, 5) is 15.7. The first-order valence-corrected chi connectivity index (χ1v) is 7.23. The van der Waals surface area contributed by atoms with Crippen molar-refractivity contribution in [1.29, 1.82) is 0 Å². The highest BCUT2D eigenvalue weighted by Gasteiger charge is 2.35. The summed E-state index contributed by atoms with van der Waals surface area (Å²) in [5.74, 6) is 0.255. The van der Waals surface area contributed by atoms with E-state index < -0.39 is 14.8 Å². The molecular formula is C9H14N4O4S. The third kappa shape index (κ3) is 2.17. The molecule has 0 aromatic carbocycles. The number of nitrogens with zero attached hydrogens (tertiary/aromatic N) is 4. The van der Waals surface area contributed by atoms with E-state index in [2.05, 4.69) is 4.98 Å². The van der Waals surface area contributed by atoms with Gasteiger partial charge in [-0.2, -0.15) is 0 Å². The minimum absolute atomic E-state index is 0.0336. The lowest BCUT2D eigenvalue weighted by molar-refractivity contribution is -0.388. The fourth-order valence-corrected chi connectivity index (χ4v) is 3.97. The van der Waals surface area contributed by atoms with Crippen molar-refractivity contribution in [3.63, 3.8) is 0 Å². The summed E-state index contributed by atoms with van der Waals surface area (Å²) >= 11 is 0. The van der Waals surface area contributed by atoms with Crippen LogP contribution in [0.2, 0.25) is 0 Å². The van der Waals surface area contributed by atoms with Gasteiger partial charge in [-0.3, -0.25) is 4.57 Å². The molecule has 1 aliphatic rings. The normalized spacial score (nSPS) is 22.0. The fourth-order valence-electron chi connectivity index (χ4n) is 2.20. The van der Waals surface area contributed by atoms with Gasteiger partial charge in [-0.1, -0.05) is 0 Å². The minimum atomic E-state index is -3.02. The van der Waals surface area contributed by atoms with Gasteiger partial charge in [0.1, 0.15) is 0 Å². The standard InChI is InChI=1S/C9H14N4O4S/c1-11-6-10-8(13(14)15)9(11)12(2)7-3-4-18(16,17)5-7/h6-7H,3-5H2,1-2H3. The van der Waals surface area contributed by atoms with Crippen LogP contribution < -0.4 is 4.90 Å². The summed E-state index contributed by atoms with van der Waals surface area (Å²) in [6, 6.07) is -0.232. The maximum atomic E-state index is 11.4.